The minimum Gasteiger partial charge on any atom is -0.505 e. The molecule has 0 unspecified atom stereocenters. The van der Waals surface area contributed by atoms with Crippen molar-refractivity contribution in [2.24, 2.45) is 0 Å². The molecule has 0 saturated carbocycles. The molecule has 3 rings (SSSR count). The highest BCUT2D eigenvalue weighted by Gasteiger charge is 2.08. The van der Waals surface area contributed by atoms with E-state index in [0.717, 1.165) is 16.9 Å². The first-order valence-electron chi connectivity index (χ1n) is 7.90. The molecule has 0 amide bonds. The molecule has 0 aliphatic rings. The molecule has 3 aromatic carbocycles. The highest BCUT2D eigenvalue weighted by atomic mass is 35.5. The Morgan fingerprint density at radius 1 is 0.885 bits per heavy atom. The number of nitrogens with one attached hydrogen (secondary N) is 1. The summed E-state index contributed by atoms with van der Waals surface area (Å²) in [6.45, 7) is 0.972. The van der Waals surface area contributed by atoms with E-state index in [-0.39, 0.29) is 15.8 Å². The number of para-hydroxylation sites is 1. The smallest absolute Gasteiger partial charge is 0.152 e. The molecule has 3 aromatic rings. The number of hydrogen-bond donors (Lipinski definition) is 2. The molecule has 0 saturated heterocycles. The maximum absolute atomic E-state index is 9.64. The van der Waals surface area contributed by atoms with Crippen LogP contribution in [0, 0.1) is 0 Å². The summed E-state index contributed by atoms with van der Waals surface area (Å²) in [6.07, 6.45) is 0. The number of halogens is 3. The van der Waals surface area contributed by atoms with Gasteiger partial charge < -0.3 is 15.2 Å². The van der Waals surface area contributed by atoms with Crippen LogP contribution >= 0.6 is 34.8 Å². The topological polar surface area (TPSA) is 41.5 Å². The molecule has 0 radical (unpaired) electrons. The van der Waals surface area contributed by atoms with Crippen LogP contribution in [0.4, 0.5) is 5.69 Å². The number of aromatic hydroxyl groups is 1. The van der Waals surface area contributed by atoms with Crippen molar-refractivity contribution in [1.29, 1.82) is 0 Å². The van der Waals surface area contributed by atoms with Crippen molar-refractivity contribution >= 4 is 40.5 Å². The molecule has 0 spiro atoms. The van der Waals surface area contributed by atoms with E-state index >= 15 is 0 Å². The third-order valence-electron chi connectivity index (χ3n) is 3.78. The van der Waals surface area contributed by atoms with E-state index in [1.807, 2.05) is 48.5 Å². The third-order valence-corrected chi connectivity index (χ3v) is 4.61. The molecule has 0 aromatic heterocycles. The average molecular weight is 409 g/mol. The predicted octanol–water partition coefficient (Wildman–Crippen LogP) is 6.54. The lowest BCUT2D eigenvalue weighted by Crippen LogP contribution is -2.03. The summed E-state index contributed by atoms with van der Waals surface area (Å²) in [5, 5.41) is 14.0. The van der Waals surface area contributed by atoms with Crippen LogP contribution in [0.5, 0.6) is 11.5 Å². The van der Waals surface area contributed by atoms with Gasteiger partial charge in [0.25, 0.3) is 0 Å². The summed E-state index contributed by atoms with van der Waals surface area (Å²) in [5.41, 5.74) is 2.74. The minimum atomic E-state index is -0.120. The Labute approximate surface area is 167 Å². The predicted molar refractivity (Wildman–Crippen MR) is 108 cm³/mol. The van der Waals surface area contributed by atoms with E-state index in [2.05, 4.69) is 5.32 Å². The Kier molecular flexibility index (Phi) is 6.15. The quantitative estimate of drug-likeness (QED) is 0.455. The number of hydrogen-bond acceptors (Lipinski definition) is 3. The van der Waals surface area contributed by atoms with Crippen LogP contribution in [-0.4, -0.2) is 5.11 Å². The summed E-state index contributed by atoms with van der Waals surface area (Å²) >= 11 is 17.8. The van der Waals surface area contributed by atoms with Gasteiger partial charge in [-0.25, -0.2) is 0 Å². The zero-order chi connectivity index (χ0) is 18.5. The standard InChI is InChI=1S/C20H16Cl3NO2/c21-15-7-5-13(6-8-15)12-26-19-4-2-1-3-14(19)11-24-16-9-17(22)20(25)18(23)10-16/h1-10,24-25H,11-12H2. The largest absolute Gasteiger partial charge is 0.505 e. The van der Waals surface area contributed by atoms with E-state index < -0.39 is 0 Å². The molecular weight excluding hydrogens is 393 g/mol. The molecule has 0 aliphatic heterocycles. The van der Waals surface area contributed by atoms with E-state index in [1.54, 1.807) is 12.1 Å². The van der Waals surface area contributed by atoms with Crippen molar-refractivity contribution in [3.63, 3.8) is 0 Å². The van der Waals surface area contributed by atoms with Gasteiger partial charge in [0.05, 0.1) is 10.0 Å². The highest BCUT2D eigenvalue weighted by Crippen LogP contribution is 2.35. The summed E-state index contributed by atoms with van der Waals surface area (Å²) in [4.78, 5) is 0. The van der Waals surface area contributed by atoms with Crippen LogP contribution in [0.2, 0.25) is 15.1 Å². The van der Waals surface area contributed by atoms with Crippen molar-refractivity contribution in [2.75, 3.05) is 5.32 Å². The number of phenolic OH excluding ortho intramolecular Hbond substituents is 1. The van der Waals surface area contributed by atoms with Gasteiger partial charge in [-0.3, -0.25) is 0 Å². The Hall–Kier alpha value is -2.07. The second kappa shape index (κ2) is 8.54. The third kappa shape index (κ3) is 4.76. The van der Waals surface area contributed by atoms with Gasteiger partial charge in [0.15, 0.2) is 5.75 Å². The van der Waals surface area contributed by atoms with Crippen LogP contribution < -0.4 is 10.1 Å². The molecule has 0 heterocycles. The van der Waals surface area contributed by atoms with Gasteiger partial charge >= 0.3 is 0 Å². The van der Waals surface area contributed by atoms with Crippen LogP contribution in [0.25, 0.3) is 0 Å². The molecule has 134 valence electrons. The fourth-order valence-corrected chi connectivity index (χ4v) is 3.01. The second-order valence-electron chi connectivity index (χ2n) is 5.66. The van der Waals surface area contributed by atoms with Crippen LogP contribution in [0.3, 0.4) is 0 Å². The Morgan fingerprint density at radius 2 is 1.54 bits per heavy atom. The normalized spacial score (nSPS) is 10.6. The molecule has 0 fully saturated rings. The van der Waals surface area contributed by atoms with Gasteiger partial charge in [0.2, 0.25) is 0 Å². The summed E-state index contributed by atoms with van der Waals surface area (Å²) in [6, 6.07) is 18.6. The summed E-state index contributed by atoms with van der Waals surface area (Å²) < 4.78 is 5.94. The van der Waals surface area contributed by atoms with Crippen LogP contribution in [0.1, 0.15) is 11.1 Å². The fourth-order valence-electron chi connectivity index (χ4n) is 2.40. The van der Waals surface area contributed by atoms with E-state index in [9.17, 15) is 5.11 Å². The molecule has 3 nitrogen and oxygen atoms in total. The number of rotatable bonds is 6. The van der Waals surface area contributed by atoms with Gasteiger partial charge in [0, 0.05) is 22.8 Å². The fraction of sp³-hybridized carbons (Fsp3) is 0.100. The van der Waals surface area contributed by atoms with Crippen molar-refractivity contribution in [1.82, 2.24) is 0 Å². The van der Waals surface area contributed by atoms with E-state index in [1.165, 1.54) is 0 Å². The number of anilines is 1. The summed E-state index contributed by atoms with van der Waals surface area (Å²) in [7, 11) is 0. The first kappa shape index (κ1) is 18.7. The second-order valence-corrected chi connectivity index (χ2v) is 6.92. The first-order valence-corrected chi connectivity index (χ1v) is 9.03. The minimum absolute atomic E-state index is 0.120. The number of ether oxygens (including phenoxy) is 1. The maximum Gasteiger partial charge on any atom is 0.152 e. The van der Waals surface area contributed by atoms with Gasteiger partial charge in [0.1, 0.15) is 12.4 Å². The number of benzene rings is 3. The SMILES string of the molecule is Oc1c(Cl)cc(NCc2ccccc2OCc2ccc(Cl)cc2)cc1Cl. The monoisotopic (exact) mass is 407 g/mol. The molecule has 0 aliphatic carbocycles. The van der Waals surface area contributed by atoms with Crippen molar-refractivity contribution < 1.29 is 9.84 Å². The van der Waals surface area contributed by atoms with Crippen molar-refractivity contribution in [3.8, 4) is 11.5 Å². The lowest BCUT2D eigenvalue weighted by atomic mass is 10.2. The van der Waals surface area contributed by atoms with Gasteiger partial charge in [-0.2, -0.15) is 0 Å². The van der Waals surface area contributed by atoms with E-state index in [0.29, 0.717) is 23.9 Å². The molecule has 6 heteroatoms. The molecule has 26 heavy (non-hydrogen) atoms. The van der Waals surface area contributed by atoms with Crippen molar-refractivity contribution in [2.45, 2.75) is 13.2 Å². The maximum atomic E-state index is 9.64. The molecule has 0 atom stereocenters. The molecular formula is C20H16Cl3NO2. The zero-order valence-corrected chi connectivity index (χ0v) is 15.9. The average Bonchev–Trinajstić information content (AvgIpc) is 2.64. The van der Waals surface area contributed by atoms with Gasteiger partial charge in [-0.15, -0.1) is 0 Å². The molecule has 0 bridgehead atoms. The summed E-state index contributed by atoms with van der Waals surface area (Å²) in [5.74, 6) is 0.663. The van der Waals surface area contributed by atoms with Crippen LogP contribution in [0.15, 0.2) is 60.7 Å². The molecule has 2 N–H and O–H groups in total. The lowest BCUT2D eigenvalue weighted by molar-refractivity contribution is 0.303. The Bertz CT molecular complexity index is 875. The first-order chi connectivity index (χ1) is 12.5. The van der Waals surface area contributed by atoms with Crippen molar-refractivity contribution in [3.05, 3.63) is 86.9 Å². The van der Waals surface area contributed by atoms with Crippen LogP contribution in [-0.2, 0) is 13.2 Å². The lowest BCUT2D eigenvalue weighted by Gasteiger charge is -2.14. The van der Waals surface area contributed by atoms with Gasteiger partial charge in [-0.1, -0.05) is 65.1 Å². The van der Waals surface area contributed by atoms with Gasteiger partial charge in [-0.05, 0) is 35.9 Å². The highest BCUT2D eigenvalue weighted by molar-refractivity contribution is 6.37. The Morgan fingerprint density at radius 3 is 2.23 bits per heavy atom. The number of phenols is 1. The van der Waals surface area contributed by atoms with E-state index in [4.69, 9.17) is 39.5 Å². The Balaban J connectivity index is 1.68. The zero-order valence-electron chi connectivity index (χ0n) is 13.7.